The summed E-state index contributed by atoms with van der Waals surface area (Å²) in [6.07, 6.45) is 1.37. The third kappa shape index (κ3) is 3.91. The minimum atomic E-state index is -0.729. The van der Waals surface area contributed by atoms with E-state index in [0.29, 0.717) is 25.7 Å². The van der Waals surface area contributed by atoms with Gasteiger partial charge in [0.1, 0.15) is 11.5 Å². The van der Waals surface area contributed by atoms with Crippen LogP contribution in [-0.2, 0) is 9.59 Å². The highest BCUT2D eigenvalue weighted by atomic mass is 16.3. The van der Waals surface area contributed by atoms with Crippen LogP contribution in [-0.4, -0.2) is 21.8 Å². The molecule has 4 heteroatoms. The average molecular weight is 383 g/mol. The molecule has 0 spiro atoms. The second-order valence-corrected chi connectivity index (χ2v) is 9.95. The molecule has 150 valence electrons. The number of aliphatic hydroxyl groups is 2. The Morgan fingerprint density at radius 1 is 0.750 bits per heavy atom. The Morgan fingerprint density at radius 3 is 1.50 bits per heavy atom. The highest BCUT2D eigenvalue weighted by Crippen LogP contribution is 2.47. The van der Waals surface area contributed by atoms with Crippen LogP contribution < -0.4 is 0 Å². The smallest absolute Gasteiger partial charge is 0.163 e. The van der Waals surface area contributed by atoms with Gasteiger partial charge in [0.15, 0.2) is 11.6 Å². The van der Waals surface area contributed by atoms with Crippen molar-refractivity contribution in [2.24, 2.45) is 10.8 Å². The molecule has 1 aromatic rings. The van der Waals surface area contributed by atoms with Crippen LogP contribution in [0.2, 0.25) is 0 Å². The maximum Gasteiger partial charge on any atom is 0.163 e. The van der Waals surface area contributed by atoms with E-state index in [-0.39, 0.29) is 45.1 Å². The van der Waals surface area contributed by atoms with Gasteiger partial charge in [0, 0.05) is 42.7 Å². The summed E-state index contributed by atoms with van der Waals surface area (Å²) >= 11 is 0. The average Bonchev–Trinajstić information content (AvgIpc) is 2.50. The van der Waals surface area contributed by atoms with Gasteiger partial charge in [-0.3, -0.25) is 9.59 Å². The van der Waals surface area contributed by atoms with Crippen molar-refractivity contribution in [2.45, 2.75) is 66.2 Å². The largest absolute Gasteiger partial charge is 0.512 e. The van der Waals surface area contributed by atoms with Gasteiger partial charge in [-0.1, -0.05) is 57.5 Å². The van der Waals surface area contributed by atoms with E-state index in [1.54, 1.807) is 0 Å². The first kappa shape index (κ1) is 20.4. The Bertz CT molecular complexity index is 830. The van der Waals surface area contributed by atoms with Crippen molar-refractivity contribution >= 4 is 11.6 Å². The van der Waals surface area contributed by atoms with Crippen molar-refractivity contribution in [1.29, 1.82) is 0 Å². The molecule has 0 radical (unpaired) electrons. The van der Waals surface area contributed by atoms with Crippen LogP contribution in [0.1, 0.15) is 70.4 Å². The molecule has 4 nitrogen and oxygen atoms in total. The number of Topliss-reactive ketones (excluding diaryl/α,β-unsaturated/α-hetero) is 2. The molecule has 0 fully saturated rings. The Balaban J connectivity index is 2.22. The van der Waals surface area contributed by atoms with Gasteiger partial charge in [-0.05, 0) is 23.3 Å². The van der Waals surface area contributed by atoms with Gasteiger partial charge in [0.25, 0.3) is 0 Å². The van der Waals surface area contributed by atoms with Crippen LogP contribution in [0.15, 0.2) is 46.9 Å². The predicted octanol–water partition coefficient (Wildman–Crippen LogP) is 5.48. The number of ketones is 2. The van der Waals surface area contributed by atoms with Gasteiger partial charge < -0.3 is 10.2 Å². The molecule has 1 aromatic carbocycles. The molecule has 2 aliphatic carbocycles. The van der Waals surface area contributed by atoms with E-state index in [1.165, 1.54) is 0 Å². The summed E-state index contributed by atoms with van der Waals surface area (Å²) in [5.74, 6) is -0.975. The predicted molar refractivity (Wildman–Crippen MR) is 109 cm³/mol. The number of rotatable bonds is 3. The van der Waals surface area contributed by atoms with Gasteiger partial charge in [-0.15, -0.1) is 0 Å². The quantitative estimate of drug-likeness (QED) is 0.726. The van der Waals surface area contributed by atoms with E-state index in [9.17, 15) is 19.8 Å². The summed E-state index contributed by atoms with van der Waals surface area (Å²) in [4.78, 5) is 26.1. The van der Waals surface area contributed by atoms with Crippen LogP contribution in [0.25, 0.3) is 0 Å². The van der Waals surface area contributed by atoms with Crippen molar-refractivity contribution in [3.63, 3.8) is 0 Å². The zero-order chi connectivity index (χ0) is 20.9. The first-order valence-corrected chi connectivity index (χ1v) is 9.87. The molecule has 28 heavy (non-hydrogen) atoms. The summed E-state index contributed by atoms with van der Waals surface area (Å²) in [6, 6.07) is 7.60. The van der Waals surface area contributed by atoms with Crippen LogP contribution >= 0.6 is 0 Å². The minimum absolute atomic E-state index is 0.0322. The number of hydrogen-bond acceptors (Lipinski definition) is 4. The molecule has 2 aliphatic rings. The fourth-order valence-electron chi connectivity index (χ4n) is 4.50. The number of allylic oxidation sites excluding steroid dienone is 4. The van der Waals surface area contributed by atoms with Gasteiger partial charge in [0.2, 0.25) is 0 Å². The summed E-state index contributed by atoms with van der Waals surface area (Å²) in [7, 11) is 0. The minimum Gasteiger partial charge on any atom is -0.512 e. The molecule has 0 amide bonds. The summed E-state index contributed by atoms with van der Waals surface area (Å²) < 4.78 is 0. The maximum absolute atomic E-state index is 13.1. The SMILES string of the molecule is Cc1ccc(C(C2=C(O)CC(C)(C)CC2=O)C2=C(O)CC(C)(C)CC2=O)cc1. The zero-order valence-corrected chi connectivity index (χ0v) is 17.4. The second-order valence-electron chi connectivity index (χ2n) is 9.95. The lowest BCUT2D eigenvalue weighted by Crippen LogP contribution is -2.33. The number of aryl methyl sites for hydroxylation is 1. The third-order valence-corrected chi connectivity index (χ3v) is 5.78. The topological polar surface area (TPSA) is 74.6 Å². The highest BCUT2D eigenvalue weighted by molar-refractivity contribution is 6.05. The Morgan fingerprint density at radius 2 is 1.14 bits per heavy atom. The van der Waals surface area contributed by atoms with Crippen molar-refractivity contribution < 1.29 is 19.8 Å². The van der Waals surface area contributed by atoms with Crippen LogP contribution in [0.3, 0.4) is 0 Å². The van der Waals surface area contributed by atoms with Crippen LogP contribution in [0, 0.1) is 17.8 Å². The molecular weight excluding hydrogens is 352 g/mol. The van der Waals surface area contributed by atoms with E-state index in [1.807, 2.05) is 58.9 Å². The monoisotopic (exact) mass is 382 g/mol. The lowest BCUT2D eigenvalue weighted by Gasteiger charge is -2.36. The highest BCUT2D eigenvalue weighted by Gasteiger charge is 2.43. The fourth-order valence-corrected chi connectivity index (χ4v) is 4.50. The van der Waals surface area contributed by atoms with Gasteiger partial charge >= 0.3 is 0 Å². The van der Waals surface area contributed by atoms with Gasteiger partial charge in [-0.2, -0.15) is 0 Å². The fraction of sp³-hybridized carbons (Fsp3) is 0.500. The van der Waals surface area contributed by atoms with E-state index in [4.69, 9.17) is 0 Å². The van der Waals surface area contributed by atoms with Crippen LogP contribution in [0.4, 0.5) is 0 Å². The number of benzene rings is 1. The van der Waals surface area contributed by atoms with E-state index in [2.05, 4.69) is 0 Å². The number of aliphatic hydroxyl groups excluding tert-OH is 2. The first-order valence-electron chi connectivity index (χ1n) is 9.87. The molecule has 0 saturated heterocycles. The molecule has 0 bridgehead atoms. The Labute approximate surface area is 167 Å². The summed E-state index contributed by atoms with van der Waals surface area (Å²) in [5, 5.41) is 21.6. The van der Waals surface area contributed by atoms with E-state index in [0.717, 1.165) is 11.1 Å². The third-order valence-electron chi connectivity index (χ3n) is 5.78. The normalized spacial score (nSPS) is 22.2. The number of hydrogen-bond donors (Lipinski definition) is 2. The van der Waals surface area contributed by atoms with Crippen molar-refractivity contribution in [3.05, 3.63) is 58.1 Å². The molecule has 0 aliphatic heterocycles. The maximum atomic E-state index is 13.1. The molecule has 3 rings (SSSR count). The standard InChI is InChI=1S/C24H30O4/c1-14-6-8-15(9-7-14)20(21-16(25)10-23(2,3)11-17(21)26)22-18(27)12-24(4,5)13-19(22)28/h6-9,20,25,27H,10-13H2,1-5H3. The second kappa shape index (κ2) is 6.91. The van der Waals surface area contributed by atoms with Gasteiger partial charge in [0.05, 0.1) is 0 Å². The Hall–Kier alpha value is -2.36. The Kier molecular flexibility index (Phi) is 5.03. The lowest BCUT2D eigenvalue weighted by molar-refractivity contribution is -0.119. The summed E-state index contributed by atoms with van der Waals surface area (Å²) in [5.41, 5.74) is 1.69. The molecule has 0 atom stereocenters. The van der Waals surface area contributed by atoms with Crippen molar-refractivity contribution in [2.75, 3.05) is 0 Å². The van der Waals surface area contributed by atoms with E-state index < -0.39 is 5.92 Å². The summed E-state index contributed by atoms with van der Waals surface area (Å²) in [6.45, 7) is 9.76. The van der Waals surface area contributed by atoms with Crippen molar-refractivity contribution in [3.8, 4) is 0 Å². The first-order chi connectivity index (χ1) is 12.9. The van der Waals surface area contributed by atoms with Crippen LogP contribution in [0.5, 0.6) is 0 Å². The molecule has 2 N–H and O–H groups in total. The lowest BCUT2D eigenvalue weighted by atomic mass is 9.67. The molecular formula is C24H30O4. The molecule has 0 heterocycles. The van der Waals surface area contributed by atoms with E-state index >= 15 is 0 Å². The number of carbonyl (C=O) groups excluding carboxylic acids is 2. The molecule has 0 saturated carbocycles. The van der Waals surface area contributed by atoms with Crippen molar-refractivity contribution in [1.82, 2.24) is 0 Å². The molecule has 0 unspecified atom stereocenters. The number of carbonyl (C=O) groups is 2. The molecule has 0 aromatic heterocycles. The zero-order valence-electron chi connectivity index (χ0n) is 17.4. The van der Waals surface area contributed by atoms with Gasteiger partial charge in [-0.25, -0.2) is 0 Å².